The summed E-state index contributed by atoms with van der Waals surface area (Å²) in [5.41, 5.74) is 3.16. The van der Waals surface area contributed by atoms with Crippen molar-refractivity contribution in [3.63, 3.8) is 0 Å². The lowest BCUT2D eigenvalue weighted by Crippen LogP contribution is -2.37. The summed E-state index contributed by atoms with van der Waals surface area (Å²) < 4.78 is 6.59. The number of nitrogens with one attached hydrogen (secondary N) is 1. The third-order valence-corrected chi connectivity index (χ3v) is 5.39. The minimum atomic E-state index is 0.339. The topological polar surface area (TPSA) is 41.2 Å². The van der Waals surface area contributed by atoms with Gasteiger partial charge >= 0.3 is 5.13 Å². The zero-order chi connectivity index (χ0) is 19.9. The number of nitrogens with zero attached hydrogens (tertiary/aromatic N) is 3. The van der Waals surface area contributed by atoms with Crippen LogP contribution < -0.4 is 9.88 Å². The molecule has 0 unspecified atom stereocenters. The fourth-order valence-corrected chi connectivity index (χ4v) is 3.94. The first kappa shape index (κ1) is 19.3. The largest absolute Gasteiger partial charge is 0.356 e. The molecule has 4 aromatic rings. The molecular weight excluding hydrogens is 400 g/mol. The number of aromatic nitrogens is 2. The van der Waals surface area contributed by atoms with Crippen molar-refractivity contribution in [3.8, 4) is 0 Å². The molecule has 0 atom stereocenters. The first-order valence-electron chi connectivity index (χ1n) is 9.28. The number of aliphatic imine (C=N–C) groups is 1. The summed E-state index contributed by atoms with van der Waals surface area (Å²) in [6, 6.07) is 30.4. The number of amidine groups is 1. The third-order valence-electron chi connectivity index (χ3n) is 4.37. The molecule has 0 fully saturated rings. The van der Waals surface area contributed by atoms with Crippen molar-refractivity contribution < 1.29 is 4.57 Å². The average molecular weight is 420 g/mol. The number of para-hydroxylation sites is 1. The molecule has 1 N–H and O–H groups in total. The van der Waals surface area contributed by atoms with Gasteiger partial charge in [-0.15, -0.1) is 11.6 Å². The lowest BCUT2D eigenvalue weighted by atomic mass is 10.2. The molecule has 0 spiro atoms. The van der Waals surface area contributed by atoms with Gasteiger partial charge in [-0.05, 0) is 34.2 Å². The Morgan fingerprint density at radius 1 is 0.897 bits per heavy atom. The number of hydrogen-bond acceptors (Lipinski definition) is 3. The minimum Gasteiger partial charge on any atom is -0.326 e. The number of benzene rings is 3. The normalized spacial score (nSPS) is 11.4. The van der Waals surface area contributed by atoms with Crippen molar-refractivity contribution in [2.45, 2.75) is 12.4 Å². The lowest BCUT2D eigenvalue weighted by Gasteiger charge is -2.07. The van der Waals surface area contributed by atoms with Gasteiger partial charge in [-0.3, -0.25) is 0 Å². The van der Waals surface area contributed by atoms with E-state index in [1.54, 1.807) is 0 Å². The summed E-state index contributed by atoms with van der Waals surface area (Å²) in [6.07, 6.45) is 0. The van der Waals surface area contributed by atoms with Crippen LogP contribution in [0.2, 0.25) is 0 Å². The van der Waals surface area contributed by atoms with Crippen LogP contribution in [0, 0.1) is 0 Å². The molecule has 0 radical (unpaired) electrons. The molecule has 4 nitrogen and oxygen atoms in total. The van der Waals surface area contributed by atoms with Crippen molar-refractivity contribution in [1.82, 2.24) is 4.37 Å². The van der Waals surface area contributed by atoms with Gasteiger partial charge < -0.3 is 5.32 Å². The minimum absolute atomic E-state index is 0.339. The summed E-state index contributed by atoms with van der Waals surface area (Å²) in [5.74, 6) is 1.92. The van der Waals surface area contributed by atoms with Crippen molar-refractivity contribution in [3.05, 3.63) is 108 Å². The van der Waals surface area contributed by atoms with Gasteiger partial charge in [0, 0.05) is 11.3 Å². The summed E-state index contributed by atoms with van der Waals surface area (Å²) in [4.78, 5) is 4.95. The number of hydrogen-bond donors (Lipinski definition) is 1. The standard InChI is InChI=1S/C23H19ClN4S/c24-16-21-27-29-23(28(21)17-18-10-4-1-5-11-18)26-22(19-12-6-2-7-13-19)25-20-14-8-3-9-15-20/h1-15H,16-17H2/p+1. The molecule has 0 aliphatic carbocycles. The van der Waals surface area contributed by atoms with Crippen molar-refractivity contribution in [2.24, 2.45) is 4.99 Å². The van der Waals surface area contributed by atoms with Crippen LogP contribution in [-0.2, 0) is 12.4 Å². The second kappa shape index (κ2) is 9.45. The van der Waals surface area contributed by atoms with Gasteiger partial charge in [0.2, 0.25) is 5.84 Å². The maximum atomic E-state index is 6.15. The summed E-state index contributed by atoms with van der Waals surface area (Å²) in [5, 5.41) is 4.24. The summed E-state index contributed by atoms with van der Waals surface area (Å²) >= 11 is 7.51. The highest BCUT2D eigenvalue weighted by Gasteiger charge is 2.22. The highest BCUT2D eigenvalue weighted by Crippen LogP contribution is 2.19. The Hall–Kier alpha value is -3.02. The fourth-order valence-electron chi connectivity index (χ4n) is 2.92. The van der Waals surface area contributed by atoms with E-state index in [1.807, 2.05) is 78.9 Å². The Bertz CT molecular complexity index is 1080. The van der Waals surface area contributed by atoms with Gasteiger partial charge in [0.25, 0.3) is 5.82 Å². The van der Waals surface area contributed by atoms with E-state index in [9.17, 15) is 0 Å². The van der Waals surface area contributed by atoms with Crippen LogP contribution >= 0.6 is 23.1 Å². The Balaban J connectivity index is 1.75. The molecule has 0 bridgehead atoms. The highest BCUT2D eigenvalue weighted by molar-refractivity contribution is 7.09. The Morgan fingerprint density at radius 2 is 1.52 bits per heavy atom. The Labute approximate surface area is 179 Å². The van der Waals surface area contributed by atoms with E-state index >= 15 is 0 Å². The van der Waals surface area contributed by atoms with Gasteiger partial charge in [0.1, 0.15) is 17.4 Å². The van der Waals surface area contributed by atoms with Gasteiger partial charge in [-0.1, -0.05) is 71.7 Å². The molecular formula is C23H20ClN4S+. The van der Waals surface area contributed by atoms with E-state index in [1.165, 1.54) is 17.1 Å². The van der Waals surface area contributed by atoms with Gasteiger partial charge in [-0.25, -0.2) is 4.57 Å². The molecule has 29 heavy (non-hydrogen) atoms. The van der Waals surface area contributed by atoms with Crippen LogP contribution in [0.1, 0.15) is 17.0 Å². The van der Waals surface area contributed by atoms with Crippen LogP contribution in [0.15, 0.2) is 96.0 Å². The Kier molecular flexibility index (Phi) is 6.29. The van der Waals surface area contributed by atoms with Crippen LogP contribution in [0.5, 0.6) is 0 Å². The van der Waals surface area contributed by atoms with Crippen molar-refractivity contribution in [1.29, 1.82) is 0 Å². The highest BCUT2D eigenvalue weighted by atomic mass is 35.5. The molecule has 0 saturated heterocycles. The monoisotopic (exact) mass is 419 g/mol. The third kappa shape index (κ3) is 4.88. The first-order chi connectivity index (χ1) is 14.3. The van der Waals surface area contributed by atoms with E-state index in [2.05, 4.69) is 26.4 Å². The average Bonchev–Trinajstić information content (AvgIpc) is 3.16. The van der Waals surface area contributed by atoms with Crippen LogP contribution in [0.4, 0.5) is 10.8 Å². The molecule has 4 rings (SSSR count). The van der Waals surface area contributed by atoms with E-state index in [0.717, 1.165) is 28.0 Å². The zero-order valence-corrected chi connectivity index (χ0v) is 17.3. The van der Waals surface area contributed by atoms with Crippen molar-refractivity contribution >= 4 is 39.8 Å². The van der Waals surface area contributed by atoms with Gasteiger partial charge in [-0.2, -0.15) is 0 Å². The quantitative estimate of drug-likeness (QED) is 0.196. The molecule has 3 aromatic carbocycles. The van der Waals surface area contributed by atoms with E-state index < -0.39 is 0 Å². The maximum absolute atomic E-state index is 6.15. The number of rotatable bonds is 6. The smallest absolute Gasteiger partial charge is 0.326 e. The second-order valence-electron chi connectivity index (χ2n) is 6.40. The maximum Gasteiger partial charge on any atom is 0.356 e. The first-order valence-corrected chi connectivity index (χ1v) is 10.6. The molecule has 0 aliphatic rings. The van der Waals surface area contributed by atoms with Gasteiger partial charge in [0.05, 0.1) is 6.54 Å². The van der Waals surface area contributed by atoms with Crippen molar-refractivity contribution in [2.75, 3.05) is 5.32 Å². The summed E-state index contributed by atoms with van der Waals surface area (Å²) in [6.45, 7) is 0.672. The molecule has 1 aromatic heterocycles. The van der Waals surface area contributed by atoms with Crippen LogP contribution in [0.25, 0.3) is 0 Å². The predicted octanol–water partition coefficient (Wildman–Crippen LogP) is 5.41. The number of alkyl halides is 1. The molecule has 0 saturated carbocycles. The molecule has 6 heteroatoms. The van der Waals surface area contributed by atoms with Crippen LogP contribution in [-0.4, -0.2) is 10.2 Å². The number of anilines is 1. The van der Waals surface area contributed by atoms with E-state index in [-0.39, 0.29) is 0 Å². The van der Waals surface area contributed by atoms with Crippen LogP contribution in [0.3, 0.4) is 0 Å². The zero-order valence-electron chi connectivity index (χ0n) is 15.7. The summed E-state index contributed by atoms with van der Waals surface area (Å²) in [7, 11) is 0. The second-order valence-corrected chi connectivity index (χ2v) is 7.40. The molecule has 0 amide bonds. The van der Waals surface area contributed by atoms with E-state index in [4.69, 9.17) is 16.6 Å². The SMILES string of the molecule is ClCc1nsc(N=C(Nc2ccccc2)c2ccccc2)[n+]1Cc1ccccc1. The Morgan fingerprint density at radius 3 is 2.17 bits per heavy atom. The molecule has 1 heterocycles. The van der Waals surface area contributed by atoms with Gasteiger partial charge in [0.15, 0.2) is 0 Å². The lowest BCUT2D eigenvalue weighted by molar-refractivity contribution is -0.680. The fraction of sp³-hybridized carbons (Fsp3) is 0.0870. The predicted molar refractivity (Wildman–Crippen MR) is 120 cm³/mol. The van der Waals surface area contributed by atoms with E-state index in [0.29, 0.717) is 12.4 Å². The number of halogens is 1. The molecule has 0 aliphatic heterocycles. The molecule has 144 valence electrons.